The van der Waals surface area contributed by atoms with Gasteiger partial charge in [0.15, 0.2) is 17.5 Å². The zero-order chi connectivity index (χ0) is 40.7. The largest absolute Gasteiger partial charge is 0.309 e. The number of aromatic nitrogens is 5. The van der Waals surface area contributed by atoms with Crippen LogP contribution in [0.3, 0.4) is 0 Å². The Morgan fingerprint density at radius 2 is 0.871 bits per heavy atom. The van der Waals surface area contributed by atoms with Gasteiger partial charge in [-0.15, -0.1) is 0 Å². The molecule has 0 atom stereocenters. The number of hydrogen-bond acceptors (Lipinski definition) is 3. The molecule has 288 valence electrons. The fourth-order valence-corrected chi connectivity index (χ4v) is 9.64. The lowest BCUT2D eigenvalue weighted by molar-refractivity contribution is 1.07. The molecule has 5 nitrogen and oxygen atoms in total. The zero-order valence-corrected chi connectivity index (χ0v) is 33.4. The molecule has 0 aliphatic carbocycles. The Balaban J connectivity index is 1.03. The van der Waals surface area contributed by atoms with Crippen LogP contribution in [0.15, 0.2) is 212 Å². The van der Waals surface area contributed by atoms with E-state index in [1.54, 1.807) is 0 Å². The Kier molecular flexibility index (Phi) is 7.54. The quantitative estimate of drug-likeness (QED) is 0.174. The number of para-hydroxylation sites is 2. The van der Waals surface area contributed by atoms with Crippen LogP contribution in [0.25, 0.3) is 121 Å². The predicted molar refractivity (Wildman–Crippen MR) is 257 cm³/mol. The lowest BCUT2D eigenvalue weighted by Crippen LogP contribution is -2.00. The van der Waals surface area contributed by atoms with E-state index in [2.05, 4.69) is 203 Å². The van der Waals surface area contributed by atoms with Crippen molar-refractivity contribution >= 4 is 75.9 Å². The summed E-state index contributed by atoms with van der Waals surface area (Å²) in [7, 11) is 0. The van der Waals surface area contributed by atoms with E-state index in [0.29, 0.717) is 17.5 Å². The van der Waals surface area contributed by atoms with Gasteiger partial charge in [0.1, 0.15) is 0 Å². The summed E-state index contributed by atoms with van der Waals surface area (Å²) in [6.07, 6.45) is 0. The zero-order valence-electron chi connectivity index (χ0n) is 33.4. The first-order valence-corrected chi connectivity index (χ1v) is 21.0. The minimum Gasteiger partial charge on any atom is -0.309 e. The van der Waals surface area contributed by atoms with E-state index in [9.17, 15) is 0 Å². The summed E-state index contributed by atoms with van der Waals surface area (Å²) in [5.41, 5.74) is 9.77. The van der Waals surface area contributed by atoms with Crippen molar-refractivity contribution in [3.05, 3.63) is 212 Å². The summed E-state index contributed by atoms with van der Waals surface area (Å²) in [6.45, 7) is 0. The highest BCUT2D eigenvalue weighted by Crippen LogP contribution is 2.43. The molecule has 0 bridgehead atoms. The van der Waals surface area contributed by atoms with Gasteiger partial charge >= 0.3 is 0 Å². The van der Waals surface area contributed by atoms with E-state index in [1.165, 1.54) is 48.7 Å². The molecule has 10 aromatic carbocycles. The third-order valence-corrected chi connectivity index (χ3v) is 12.5. The SMILES string of the molecule is c1ccc(-c2nc(-c3ccc4ccccc4c3)nc(-c3ccc4c(-n5c6ccccc6c6cc7c8c9ccccc9ccc8n(-c8ccccc8)c7cc65)cccc4c3)n2)cc1. The average molecular weight is 790 g/mol. The molecule has 0 unspecified atom stereocenters. The summed E-state index contributed by atoms with van der Waals surface area (Å²) >= 11 is 0. The van der Waals surface area contributed by atoms with Crippen LogP contribution in [0.1, 0.15) is 0 Å². The van der Waals surface area contributed by atoms with Crippen molar-refractivity contribution in [3.8, 4) is 45.5 Å². The van der Waals surface area contributed by atoms with Crippen molar-refractivity contribution in [3.63, 3.8) is 0 Å². The second-order valence-electron chi connectivity index (χ2n) is 16.0. The van der Waals surface area contributed by atoms with Crippen LogP contribution in [-0.2, 0) is 0 Å². The van der Waals surface area contributed by atoms with E-state index >= 15 is 0 Å². The van der Waals surface area contributed by atoms with Crippen LogP contribution in [-0.4, -0.2) is 24.1 Å². The van der Waals surface area contributed by atoms with Crippen LogP contribution in [0.5, 0.6) is 0 Å². The van der Waals surface area contributed by atoms with Gasteiger partial charge < -0.3 is 9.13 Å². The lowest BCUT2D eigenvalue weighted by Gasteiger charge is -2.14. The third-order valence-electron chi connectivity index (χ3n) is 12.5. The first kappa shape index (κ1) is 34.5. The first-order chi connectivity index (χ1) is 30.7. The van der Waals surface area contributed by atoms with Crippen LogP contribution in [0.2, 0.25) is 0 Å². The second kappa shape index (κ2) is 13.6. The molecule has 3 heterocycles. The van der Waals surface area contributed by atoms with E-state index in [1.807, 2.05) is 18.2 Å². The normalized spacial score (nSPS) is 11.9. The van der Waals surface area contributed by atoms with Crippen molar-refractivity contribution < 1.29 is 0 Å². The van der Waals surface area contributed by atoms with Crippen LogP contribution in [0.4, 0.5) is 0 Å². The highest BCUT2D eigenvalue weighted by atomic mass is 15.0. The van der Waals surface area contributed by atoms with Crippen molar-refractivity contribution in [1.82, 2.24) is 24.1 Å². The molecule has 0 radical (unpaired) electrons. The van der Waals surface area contributed by atoms with Gasteiger partial charge in [-0.2, -0.15) is 0 Å². The molecule has 0 spiro atoms. The molecule has 5 heteroatoms. The van der Waals surface area contributed by atoms with E-state index in [-0.39, 0.29) is 0 Å². The molecule has 0 aliphatic rings. The molecule has 62 heavy (non-hydrogen) atoms. The summed E-state index contributed by atoms with van der Waals surface area (Å²) in [5, 5.41) is 12.0. The molecule has 0 N–H and O–H groups in total. The van der Waals surface area contributed by atoms with Gasteiger partial charge in [0, 0.05) is 49.3 Å². The molecular weight excluding hydrogens is 755 g/mol. The molecule has 13 rings (SSSR count). The Bertz CT molecular complexity index is 3920. The van der Waals surface area contributed by atoms with Gasteiger partial charge in [0.05, 0.1) is 27.8 Å². The monoisotopic (exact) mass is 789 g/mol. The van der Waals surface area contributed by atoms with Crippen LogP contribution in [0, 0.1) is 0 Å². The molecule has 0 saturated heterocycles. The van der Waals surface area contributed by atoms with Crippen molar-refractivity contribution in [2.45, 2.75) is 0 Å². The average Bonchev–Trinajstić information content (AvgIpc) is 3.85. The maximum Gasteiger partial charge on any atom is 0.164 e. The minimum atomic E-state index is 0.634. The molecule has 13 aromatic rings. The number of rotatable bonds is 5. The number of fused-ring (bicyclic) bond motifs is 10. The Morgan fingerprint density at radius 3 is 1.68 bits per heavy atom. The number of nitrogens with zero attached hydrogens (tertiary/aromatic N) is 5. The highest BCUT2D eigenvalue weighted by Gasteiger charge is 2.21. The first-order valence-electron chi connectivity index (χ1n) is 21.0. The second-order valence-corrected chi connectivity index (χ2v) is 16.0. The molecule has 0 fully saturated rings. The van der Waals surface area contributed by atoms with E-state index in [4.69, 9.17) is 15.0 Å². The predicted octanol–water partition coefficient (Wildman–Crippen LogP) is 14.5. The van der Waals surface area contributed by atoms with Crippen molar-refractivity contribution in [2.75, 3.05) is 0 Å². The summed E-state index contributed by atoms with van der Waals surface area (Å²) in [6, 6.07) is 75.8. The minimum absolute atomic E-state index is 0.634. The van der Waals surface area contributed by atoms with Gasteiger partial charge in [0.25, 0.3) is 0 Å². The van der Waals surface area contributed by atoms with Gasteiger partial charge in [0.2, 0.25) is 0 Å². The molecular formula is C57H35N5. The van der Waals surface area contributed by atoms with Gasteiger partial charge in [-0.1, -0.05) is 158 Å². The number of hydrogen-bond donors (Lipinski definition) is 0. The van der Waals surface area contributed by atoms with Gasteiger partial charge in [-0.05, 0) is 81.5 Å². The van der Waals surface area contributed by atoms with E-state index in [0.717, 1.165) is 55.3 Å². The highest BCUT2D eigenvalue weighted by molar-refractivity contribution is 6.25. The van der Waals surface area contributed by atoms with Gasteiger partial charge in [-0.3, -0.25) is 0 Å². The van der Waals surface area contributed by atoms with Crippen LogP contribution < -0.4 is 0 Å². The van der Waals surface area contributed by atoms with Crippen molar-refractivity contribution in [1.29, 1.82) is 0 Å². The Hall–Kier alpha value is -8.41. The smallest absolute Gasteiger partial charge is 0.164 e. The molecule has 0 saturated carbocycles. The van der Waals surface area contributed by atoms with Crippen LogP contribution >= 0.6 is 0 Å². The molecule has 3 aromatic heterocycles. The topological polar surface area (TPSA) is 48.5 Å². The summed E-state index contributed by atoms with van der Waals surface area (Å²) in [5.74, 6) is 1.92. The fourth-order valence-electron chi connectivity index (χ4n) is 9.64. The van der Waals surface area contributed by atoms with Crippen molar-refractivity contribution in [2.24, 2.45) is 0 Å². The maximum atomic E-state index is 5.14. The third kappa shape index (κ3) is 5.32. The Labute approximate surface area is 356 Å². The number of benzene rings is 10. The standard InChI is InChI=1S/C57H35N5/c1-3-16-38(17-4-1)55-58-56(41-27-26-36-14-7-8-18-39(36)32-41)60-57(59-55)42-28-30-44-40(33-42)19-13-25-49(44)62-50-24-12-11-23-46(50)47-34-48-53(35-52(47)62)61(43-20-5-2-6-21-43)51-31-29-37-15-9-10-22-45(37)54(48)51/h1-35H. The fraction of sp³-hybridized carbons (Fsp3) is 0. The summed E-state index contributed by atoms with van der Waals surface area (Å²) in [4.78, 5) is 15.3. The Morgan fingerprint density at radius 1 is 0.274 bits per heavy atom. The summed E-state index contributed by atoms with van der Waals surface area (Å²) < 4.78 is 4.88. The lowest BCUT2D eigenvalue weighted by atomic mass is 10.0. The van der Waals surface area contributed by atoms with Gasteiger partial charge in [-0.25, -0.2) is 15.0 Å². The van der Waals surface area contributed by atoms with E-state index < -0.39 is 0 Å². The molecule has 0 amide bonds. The maximum absolute atomic E-state index is 5.14. The molecule has 0 aliphatic heterocycles.